The van der Waals surface area contributed by atoms with Gasteiger partial charge in [-0.1, -0.05) is 0 Å². The van der Waals surface area contributed by atoms with Gasteiger partial charge in [-0.25, -0.2) is 0 Å². The molecule has 2 aliphatic heterocycles. The second-order valence-electron chi connectivity index (χ2n) is 5.41. The molecule has 0 amide bonds. The molecule has 6 atom stereocenters. The van der Waals surface area contributed by atoms with Crippen molar-refractivity contribution in [3.05, 3.63) is 6.92 Å². The van der Waals surface area contributed by atoms with E-state index in [2.05, 4.69) is 68.2 Å². The number of rotatable bonds is 2. The number of hydrogen-bond acceptors (Lipinski definition) is 6. The molecule has 10 heteroatoms. The maximum atomic E-state index is 10.1. The molecule has 0 radical (unpaired) electrons. The molecule has 2 N–H and O–H groups in total. The van der Waals surface area contributed by atoms with Gasteiger partial charge in [0.1, 0.15) is 23.9 Å². The molecule has 0 aliphatic carbocycles. The molecular formula is C12H21CoI3O6-. The molecule has 136 valence electrons. The second kappa shape index (κ2) is 9.96. The Labute approximate surface area is 169 Å². The molecule has 2 rings (SSSR count). The molecule has 0 aromatic rings. The monoisotopic (exact) mass is 701 g/mol. The molecule has 0 saturated carbocycles. The number of hydrogen-bond donors (Lipinski definition) is 2. The van der Waals surface area contributed by atoms with Crippen molar-refractivity contribution < 1.29 is 33.2 Å². The minimum atomic E-state index is -1.16. The normalized spacial score (nSPS) is 42.3. The zero-order valence-electron chi connectivity index (χ0n) is 12.4. The van der Waals surface area contributed by atoms with Crippen LogP contribution in [0.5, 0.6) is 0 Å². The van der Waals surface area contributed by atoms with Crippen molar-refractivity contribution in [2.75, 3.05) is 6.61 Å². The summed E-state index contributed by atoms with van der Waals surface area (Å²) >= 11 is 7.14. The molecule has 0 bridgehead atoms. The molecular weight excluding hydrogens is 680 g/mol. The number of ether oxygens (including phenoxy) is 4. The van der Waals surface area contributed by atoms with Gasteiger partial charge in [-0.15, -0.1) is 0 Å². The third kappa shape index (κ3) is 6.64. The van der Waals surface area contributed by atoms with E-state index in [-0.39, 0.29) is 12.7 Å². The fraction of sp³-hybridized carbons (Fsp3) is 0.917. The molecule has 2 fully saturated rings. The summed E-state index contributed by atoms with van der Waals surface area (Å²) in [6.45, 7) is 9.27. The van der Waals surface area contributed by atoms with Crippen LogP contribution in [0.3, 0.4) is 0 Å². The summed E-state index contributed by atoms with van der Waals surface area (Å²) in [6.07, 6.45) is -4.62. The first kappa shape index (κ1) is 22.5. The van der Waals surface area contributed by atoms with Gasteiger partial charge < -0.3 is 29.2 Å². The van der Waals surface area contributed by atoms with E-state index in [4.69, 9.17) is 18.9 Å². The van der Waals surface area contributed by atoms with Gasteiger partial charge in [-0.2, -0.15) is 0 Å². The van der Waals surface area contributed by atoms with Crippen LogP contribution in [-0.2, 0) is 23.0 Å². The van der Waals surface area contributed by atoms with E-state index < -0.39 is 36.5 Å². The Balaban J connectivity index is 0.000000541. The molecule has 22 heavy (non-hydrogen) atoms. The van der Waals surface area contributed by atoms with Gasteiger partial charge in [0.15, 0.2) is 6.29 Å². The van der Waals surface area contributed by atoms with Crippen LogP contribution in [0.25, 0.3) is 0 Å². The molecule has 6 unspecified atom stereocenters. The van der Waals surface area contributed by atoms with E-state index in [1.54, 1.807) is 6.92 Å². The number of halogens is 3. The first-order valence-corrected chi connectivity index (χ1v) is 16.6. The first-order valence-electron chi connectivity index (χ1n) is 6.51. The Kier molecular flexibility index (Phi) is 10.2. The first-order chi connectivity index (χ1) is 10.1. The van der Waals surface area contributed by atoms with Crippen LogP contribution in [0.15, 0.2) is 0 Å². The van der Waals surface area contributed by atoms with Crippen LogP contribution >= 0.6 is 61.2 Å². The van der Waals surface area contributed by atoms with Crippen molar-refractivity contribution in [1.29, 1.82) is 0 Å². The van der Waals surface area contributed by atoms with Crippen LogP contribution in [0, 0.1) is 6.92 Å². The average molecular weight is 701 g/mol. The zero-order chi connectivity index (χ0) is 17.1. The molecule has 0 aromatic carbocycles. The van der Waals surface area contributed by atoms with Crippen LogP contribution in [0.1, 0.15) is 20.8 Å². The van der Waals surface area contributed by atoms with E-state index in [1.165, 1.54) is 0 Å². The third-order valence-electron chi connectivity index (χ3n) is 3.19. The van der Waals surface area contributed by atoms with E-state index in [1.807, 2.05) is 13.8 Å². The summed E-state index contributed by atoms with van der Waals surface area (Å²) in [4.78, 5) is 0. The van der Waals surface area contributed by atoms with Gasteiger partial charge in [-0.05, 0) is 20.8 Å². The van der Waals surface area contributed by atoms with Gasteiger partial charge in [0.05, 0.1) is 12.7 Å². The summed E-state index contributed by atoms with van der Waals surface area (Å²) in [6, 6.07) is 0. The van der Waals surface area contributed by atoms with Gasteiger partial charge in [0.25, 0.3) is 0 Å². The van der Waals surface area contributed by atoms with E-state index in [9.17, 15) is 10.2 Å². The van der Waals surface area contributed by atoms with Gasteiger partial charge in [0, 0.05) is 6.29 Å². The van der Waals surface area contributed by atoms with Crippen LogP contribution < -0.4 is 0 Å². The summed E-state index contributed by atoms with van der Waals surface area (Å²) in [5.74, 6) is 0. The average Bonchev–Trinajstić information content (AvgIpc) is 2.37. The summed E-state index contributed by atoms with van der Waals surface area (Å²) in [5.41, 5.74) is -0.855. The van der Waals surface area contributed by atoms with Crippen molar-refractivity contribution >= 4 is 61.2 Å². The Morgan fingerprint density at radius 1 is 1.27 bits per heavy atom. The third-order valence-corrected chi connectivity index (χ3v) is 3.19. The predicted molar refractivity (Wildman–Crippen MR) is 104 cm³/mol. The van der Waals surface area contributed by atoms with Crippen LogP contribution in [-0.4, -0.2) is 59.4 Å². The van der Waals surface area contributed by atoms with Crippen molar-refractivity contribution in [3.63, 3.8) is 0 Å². The Bertz CT molecular complexity index is 348. The molecule has 0 spiro atoms. The van der Waals surface area contributed by atoms with Crippen molar-refractivity contribution in [2.24, 2.45) is 0 Å². The number of fused-ring (bicyclic) bond motifs is 1. The fourth-order valence-electron chi connectivity index (χ4n) is 2.28. The van der Waals surface area contributed by atoms with Gasteiger partial charge >= 0.3 is 65.3 Å². The number of aliphatic hydroxyl groups is 2. The van der Waals surface area contributed by atoms with Crippen LogP contribution in [0.4, 0.5) is 0 Å². The Morgan fingerprint density at radius 2 is 1.82 bits per heavy atom. The summed E-state index contributed by atoms with van der Waals surface area (Å²) in [5, 5.41) is 20.1. The molecule has 6 nitrogen and oxygen atoms in total. The van der Waals surface area contributed by atoms with Gasteiger partial charge in [-0.3, -0.25) is 6.92 Å². The van der Waals surface area contributed by atoms with E-state index in [0.29, 0.717) is 4.00 Å². The standard InChI is InChI=1S/C12H21O6.Co.3HI/c1-6(2)16-11-9(14)8(13)10-12(4,18-11)5-15-7(3)17-10;;;;/h6-11,13-14H,3,5H2,1-2,4H3;;3*1H/q-1;+3;;;/p-3. The summed E-state index contributed by atoms with van der Waals surface area (Å²) < 4.78 is 22.2. The maximum absolute atomic E-state index is 10.1. The number of aliphatic hydroxyl groups excluding tert-OH is 2. The fourth-order valence-corrected chi connectivity index (χ4v) is 2.28. The Morgan fingerprint density at radius 3 is 2.32 bits per heavy atom. The van der Waals surface area contributed by atoms with Crippen molar-refractivity contribution in [2.45, 2.75) is 63.4 Å². The molecule has 2 heterocycles. The second-order valence-corrected chi connectivity index (χ2v) is 31.8. The zero-order valence-corrected chi connectivity index (χ0v) is 19.9. The predicted octanol–water partition coefficient (Wildman–Crippen LogP) is 2.48. The Hall–Kier alpha value is 2.46. The molecule has 0 aromatic heterocycles. The quantitative estimate of drug-likeness (QED) is 0.341. The minimum absolute atomic E-state index is 0.122. The van der Waals surface area contributed by atoms with Crippen LogP contribution in [0.2, 0.25) is 0 Å². The molecule has 2 aliphatic rings. The SMILES string of the molecule is [CH2-]C1OCC2(C)OC(OC(C)C)C(O)C(O)C2O1.[I][Co]([I])[I]. The topological polar surface area (TPSA) is 77.4 Å². The van der Waals surface area contributed by atoms with Crippen molar-refractivity contribution in [1.82, 2.24) is 0 Å². The van der Waals surface area contributed by atoms with E-state index in [0.717, 1.165) is 0 Å². The van der Waals surface area contributed by atoms with Crippen molar-refractivity contribution in [3.8, 4) is 0 Å². The van der Waals surface area contributed by atoms with E-state index >= 15 is 0 Å². The summed E-state index contributed by atoms with van der Waals surface area (Å²) in [7, 11) is 0. The molecule has 2 saturated heterocycles. The van der Waals surface area contributed by atoms with Gasteiger partial charge in [0.2, 0.25) is 0 Å².